The van der Waals surface area contributed by atoms with Gasteiger partial charge >= 0.3 is 5.69 Å². The van der Waals surface area contributed by atoms with Crippen LogP contribution in [0.1, 0.15) is 36.9 Å². The van der Waals surface area contributed by atoms with Crippen molar-refractivity contribution < 1.29 is 14.9 Å². The molecule has 0 saturated carbocycles. The van der Waals surface area contributed by atoms with Crippen molar-refractivity contribution in [3.63, 3.8) is 0 Å². The summed E-state index contributed by atoms with van der Waals surface area (Å²) in [6, 6.07) is 0. The van der Waals surface area contributed by atoms with Crippen LogP contribution in [0, 0.1) is 0 Å². The average molecular weight is 322 g/mol. The van der Waals surface area contributed by atoms with Crippen LogP contribution >= 0.6 is 0 Å². The van der Waals surface area contributed by atoms with E-state index in [0.717, 1.165) is 0 Å². The molecule has 9 nitrogen and oxygen atoms in total. The van der Waals surface area contributed by atoms with Gasteiger partial charge in [0.1, 0.15) is 18.2 Å². The molecule has 0 aromatic carbocycles. The molecule has 23 heavy (non-hydrogen) atoms. The number of H-pyrrole nitrogens is 2. The Hall–Kier alpha value is -2.23. The van der Waals surface area contributed by atoms with Crippen LogP contribution in [0.5, 0.6) is 0 Å². The number of aliphatic hydroxyl groups excluding tert-OH is 2. The van der Waals surface area contributed by atoms with Crippen LogP contribution in [0.2, 0.25) is 0 Å². The molecule has 0 bridgehead atoms. The molecule has 3 heterocycles. The van der Waals surface area contributed by atoms with Crippen LogP contribution in [0.4, 0.5) is 0 Å². The zero-order valence-electron chi connectivity index (χ0n) is 12.5. The molecule has 1 saturated heterocycles. The highest BCUT2D eigenvalue weighted by Crippen LogP contribution is 2.28. The van der Waals surface area contributed by atoms with Crippen molar-refractivity contribution in [3.8, 4) is 0 Å². The topological polar surface area (TPSA) is 133 Å². The van der Waals surface area contributed by atoms with Gasteiger partial charge in [0.25, 0.3) is 5.56 Å². The van der Waals surface area contributed by atoms with Gasteiger partial charge in [0.2, 0.25) is 0 Å². The summed E-state index contributed by atoms with van der Waals surface area (Å²) in [6.07, 6.45) is 2.46. The Balaban J connectivity index is 1.98. The van der Waals surface area contributed by atoms with Gasteiger partial charge in [0, 0.05) is 36.5 Å². The minimum atomic E-state index is -0.866. The van der Waals surface area contributed by atoms with Crippen molar-refractivity contribution in [2.24, 2.45) is 0 Å². The van der Waals surface area contributed by atoms with Crippen molar-refractivity contribution in [2.45, 2.75) is 37.7 Å². The standard InChI is InChI=1S/C14H18N4O5/c1-7(12-15-2-3-16-12)8-5-18(14(22)17-13(8)21)11-4-9(20)10(6-19)23-11/h2-3,5,7,9-11,19-20H,4,6H2,1H3,(H,15,16)(H,17,21,22)/t7?,9-,10+,11+/m0/s1. The highest BCUT2D eigenvalue weighted by atomic mass is 16.5. The molecular formula is C14H18N4O5. The Kier molecular flexibility index (Phi) is 4.16. The van der Waals surface area contributed by atoms with Crippen molar-refractivity contribution in [2.75, 3.05) is 6.61 Å². The summed E-state index contributed by atoms with van der Waals surface area (Å²) in [6.45, 7) is 1.45. The number of nitrogens with one attached hydrogen (secondary N) is 2. The number of nitrogens with zero attached hydrogens (tertiary/aromatic N) is 2. The van der Waals surface area contributed by atoms with Crippen LogP contribution in [0.15, 0.2) is 28.2 Å². The summed E-state index contributed by atoms with van der Waals surface area (Å²) in [7, 11) is 0. The molecule has 1 fully saturated rings. The van der Waals surface area contributed by atoms with Crippen LogP contribution in [0.25, 0.3) is 0 Å². The SMILES string of the molecule is CC(c1ncc[nH]1)c1cn([C@H]2C[C@H](O)[C@@H](CO)O2)c(=O)[nH]c1=O. The Morgan fingerprint density at radius 1 is 1.52 bits per heavy atom. The Bertz CT molecular complexity index is 781. The monoisotopic (exact) mass is 322 g/mol. The Labute approximate surface area is 130 Å². The van der Waals surface area contributed by atoms with Gasteiger partial charge in [-0.3, -0.25) is 14.3 Å². The lowest BCUT2D eigenvalue weighted by Gasteiger charge is -2.16. The van der Waals surface area contributed by atoms with E-state index in [0.29, 0.717) is 11.4 Å². The summed E-state index contributed by atoms with van der Waals surface area (Å²) in [5.74, 6) is 0.252. The highest BCUT2D eigenvalue weighted by Gasteiger charge is 2.35. The third kappa shape index (κ3) is 2.85. The molecule has 4 atom stereocenters. The molecule has 3 rings (SSSR count). The number of ether oxygens (including phenoxy) is 1. The number of aromatic amines is 2. The van der Waals surface area contributed by atoms with Gasteiger partial charge in [-0.05, 0) is 0 Å². The van der Waals surface area contributed by atoms with Gasteiger partial charge < -0.3 is 19.9 Å². The molecule has 0 radical (unpaired) electrons. The van der Waals surface area contributed by atoms with E-state index in [1.807, 2.05) is 0 Å². The van der Waals surface area contributed by atoms with E-state index in [1.165, 1.54) is 10.8 Å². The maximum absolute atomic E-state index is 12.1. The number of aromatic nitrogens is 4. The van der Waals surface area contributed by atoms with Crippen molar-refractivity contribution in [3.05, 3.63) is 50.8 Å². The second-order valence-electron chi connectivity index (χ2n) is 5.56. The Morgan fingerprint density at radius 3 is 2.91 bits per heavy atom. The largest absolute Gasteiger partial charge is 0.394 e. The molecule has 4 N–H and O–H groups in total. The van der Waals surface area contributed by atoms with Crippen molar-refractivity contribution in [1.29, 1.82) is 0 Å². The minimum absolute atomic E-state index is 0.158. The predicted octanol–water partition coefficient (Wildman–Crippen LogP) is -0.948. The number of hydrogen-bond acceptors (Lipinski definition) is 6. The van der Waals surface area contributed by atoms with Crippen molar-refractivity contribution in [1.82, 2.24) is 19.5 Å². The van der Waals surface area contributed by atoms with E-state index < -0.39 is 29.7 Å². The molecule has 2 aromatic heterocycles. The van der Waals surface area contributed by atoms with Gasteiger partial charge in [-0.15, -0.1) is 0 Å². The van der Waals surface area contributed by atoms with Crippen LogP contribution in [-0.4, -0.2) is 48.5 Å². The lowest BCUT2D eigenvalue weighted by Crippen LogP contribution is -2.35. The van der Waals surface area contributed by atoms with E-state index in [4.69, 9.17) is 9.84 Å². The number of aliphatic hydroxyl groups is 2. The molecule has 0 amide bonds. The van der Waals surface area contributed by atoms with Crippen LogP contribution in [-0.2, 0) is 4.74 Å². The zero-order chi connectivity index (χ0) is 16.6. The van der Waals surface area contributed by atoms with Gasteiger partial charge in [0.05, 0.1) is 12.7 Å². The van der Waals surface area contributed by atoms with E-state index in [-0.39, 0.29) is 18.9 Å². The Morgan fingerprint density at radius 2 is 2.30 bits per heavy atom. The first-order valence-corrected chi connectivity index (χ1v) is 7.30. The van der Waals surface area contributed by atoms with Crippen LogP contribution in [0.3, 0.4) is 0 Å². The quantitative estimate of drug-likeness (QED) is 0.574. The molecule has 0 aliphatic carbocycles. The summed E-state index contributed by atoms with van der Waals surface area (Å²) < 4.78 is 6.70. The molecule has 1 aliphatic heterocycles. The molecule has 1 aliphatic rings. The normalized spacial score (nSPS) is 25.6. The fourth-order valence-electron chi connectivity index (χ4n) is 2.74. The third-order valence-electron chi connectivity index (χ3n) is 4.09. The van der Waals surface area contributed by atoms with Crippen molar-refractivity contribution >= 4 is 0 Å². The molecule has 1 unspecified atom stereocenters. The second kappa shape index (κ2) is 6.11. The van der Waals surface area contributed by atoms with E-state index in [2.05, 4.69) is 15.0 Å². The predicted molar refractivity (Wildman–Crippen MR) is 79.0 cm³/mol. The lowest BCUT2D eigenvalue weighted by atomic mass is 10.0. The maximum Gasteiger partial charge on any atom is 0.330 e. The van der Waals surface area contributed by atoms with Crippen LogP contribution < -0.4 is 11.2 Å². The summed E-state index contributed by atoms with van der Waals surface area (Å²) >= 11 is 0. The van der Waals surface area contributed by atoms with E-state index >= 15 is 0 Å². The zero-order valence-corrected chi connectivity index (χ0v) is 12.5. The first-order valence-electron chi connectivity index (χ1n) is 7.30. The maximum atomic E-state index is 12.1. The first-order chi connectivity index (χ1) is 11.0. The number of rotatable bonds is 4. The fourth-order valence-corrected chi connectivity index (χ4v) is 2.74. The minimum Gasteiger partial charge on any atom is -0.394 e. The van der Waals surface area contributed by atoms with Gasteiger partial charge in [-0.2, -0.15) is 0 Å². The summed E-state index contributed by atoms with van der Waals surface area (Å²) in [4.78, 5) is 33.5. The van der Waals surface area contributed by atoms with Gasteiger partial charge in [0.15, 0.2) is 0 Å². The van der Waals surface area contributed by atoms with E-state index in [9.17, 15) is 14.7 Å². The number of imidazole rings is 1. The molecule has 9 heteroatoms. The summed E-state index contributed by atoms with van der Waals surface area (Å²) in [5, 5.41) is 18.9. The smallest absolute Gasteiger partial charge is 0.330 e. The second-order valence-corrected chi connectivity index (χ2v) is 5.56. The lowest BCUT2D eigenvalue weighted by molar-refractivity contribution is -0.0460. The third-order valence-corrected chi connectivity index (χ3v) is 4.09. The van der Waals surface area contributed by atoms with Gasteiger partial charge in [-0.25, -0.2) is 9.78 Å². The molecule has 0 spiro atoms. The molecular weight excluding hydrogens is 304 g/mol. The average Bonchev–Trinajstić information content (AvgIpc) is 3.16. The number of hydrogen-bond donors (Lipinski definition) is 4. The van der Waals surface area contributed by atoms with Gasteiger partial charge in [-0.1, -0.05) is 6.92 Å². The first kappa shape index (κ1) is 15.7. The fraction of sp³-hybridized carbons (Fsp3) is 0.500. The highest BCUT2D eigenvalue weighted by molar-refractivity contribution is 5.19. The molecule has 2 aromatic rings. The molecule has 124 valence electrons. The van der Waals surface area contributed by atoms with E-state index in [1.54, 1.807) is 19.3 Å². The summed E-state index contributed by atoms with van der Waals surface area (Å²) in [5.41, 5.74) is -0.765.